The van der Waals surface area contributed by atoms with Gasteiger partial charge in [0.2, 0.25) is 10.0 Å². The zero-order chi connectivity index (χ0) is 19.1. The molecule has 0 radical (unpaired) electrons. The molecule has 6 nitrogen and oxygen atoms in total. The molecule has 2 aromatic carbocycles. The van der Waals surface area contributed by atoms with Gasteiger partial charge < -0.3 is 4.74 Å². The fraction of sp³-hybridized carbons (Fsp3) is 0.250. The van der Waals surface area contributed by atoms with Crippen LogP contribution >= 0.6 is 0 Å². The molecule has 0 aromatic heterocycles. The molecule has 1 aliphatic rings. The number of ether oxygens (including phenoxy) is 1. The van der Waals surface area contributed by atoms with Gasteiger partial charge in [-0.05, 0) is 36.4 Å². The van der Waals surface area contributed by atoms with E-state index in [0.717, 1.165) is 4.31 Å². The predicted octanol–water partition coefficient (Wildman–Crippen LogP) is 1.82. The molecule has 0 atom stereocenters. The summed E-state index contributed by atoms with van der Waals surface area (Å²) in [4.78, 5) is -0.493. The van der Waals surface area contributed by atoms with Crippen molar-refractivity contribution in [2.75, 3.05) is 20.2 Å². The third-order valence-corrected chi connectivity index (χ3v) is 8.03. The summed E-state index contributed by atoms with van der Waals surface area (Å²) in [5.41, 5.74) is 0. The quantitative estimate of drug-likeness (QED) is 0.761. The van der Waals surface area contributed by atoms with Gasteiger partial charge >= 0.3 is 0 Å². The number of hydrogen-bond acceptors (Lipinski definition) is 5. The second-order valence-electron chi connectivity index (χ2n) is 5.77. The van der Waals surface area contributed by atoms with Gasteiger partial charge in [0, 0.05) is 19.2 Å². The highest BCUT2D eigenvalue weighted by Gasteiger charge is 2.44. The Kier molecular flexibility index (Phi) is 4.76. The molecule has 0 spiro atoms. The Morgan fingerprint density at radius 2 is 1.46 bits per heavy atom. The van der Waals surface area contributed by atoms with Crippen molar-refractivity contribution < 1.29 is 30.4 Å². The van der Waals surface area contributed by atoms with Gasteiger partial charge in [0.15, 0.2) is 9.84 Å². The summed E-state index contributed by atoms with van der Waals surface area (Å²) in [5, 5.41) is -0.927. The number of benzene rings is 2. The average molecular weight is 403 g/mol. The summed E-state index contributed by atoms with van der Waals surface area (Å²) >= 11 is 0. The molecule has 1 aliphatic heterocycles. The van der Waals surface area contributed by atoms with Crippen molar-refractivity contribution in [2.24, 2.45) is 0 Å². The van der Waals surface area contributed by atoms with E-state index in [1.165, 1.54) is 31.4 Å². The van der Waals surface area contributed by atoms with Crippen molar-refractivity contribution in [3.8, 4) is 5.75 Å². The van der Waals surface area contributed by atoms with Crippen LogP contribution in [0.2, 0.25) is 0 Å². The molecule has 0 unspecified atom stereocenters. The SMILES string of the molecule is COc1ccc(S(=O)(=O)C2CN(S(=O)(=O)c3cc(F)cc(F)c3)C2)cc1. The summed E-state index contributed by atoms with van der Waals surface area (Å²) < 4.78 is 82.3. The number of sulfone groups is 1. The van der Waals surface area contributed by atoms with Crippen LogP contribution in [0.4, 0.5) is 8.78 Å². The minimum Gasteiger partial charge on any atom is -0.497 e. The maximum absolute atomic E-state index is 13.3. The van der Waals surface area contributed by atoms with E-state index >= 15 is 0 Å². The smallest absolute Gasteiger partial charge is 0.243 e. The van der Waals surface area contributed by atoms with Crippen molar-refractivity contribution in [3.05, 3.63) is 54.1 Å². The number of rotatable bonds is 5. The Balaban J connectivity index is 1.78. The lowest BCUT2D eigenvalue weighted by Gasteiger charge is -2.37. The lowest BCUT2D eigenvalue weighted by molar-refractivity contribution is 0.309. The van der Waals surface area contributed by atoms with Crippen LogP contribution in [-0.4, -0.2) is 46.6 Å². The summed E-state index contributed by atoms with van der Waals surface area (Å²) in [6, 6.07) is 7.71. The normalized spacial score (nSPS) is 16.3. The lowest BCUT2D eigenvalue weighted by atomic mass is 10.3. The molecule has 0 bridgehead atoms. The maximum atomic E-state index is 13.3. The number of hydrogen-bond donors (Lipinski definition) is 0. The molecule has 0 saturated carbocycles. The van der Waals surface area contributed by atoms with E-state index in [0.29, 0.717) is 23.9 Å². The summed E-state index contributed by atoms with van der Waals surface area (Å²) in [6.07, 6.45) is 0. The molecule has 3 rings (SSSR count). The van der Waals surface area contributed by atoms with E-state index in [1.807, 2.05) is 0 Å². The molecule has 1 saturated heterocycles. The van der Waals surface area contributed by atoms with Crippen LogP contribution in [0.15, 0.2) is 52.3 Å². The first kappa shape index (κ1) is 18.7. The number of methoxy groups -OCH3 is 1. The summed E-state index contributed by atoms with van der Waals surface area (Å²) in [7, 11) is -6.44. The van der Waals surface area contributed by atoms with Gasteiger partial charge in [-0.15, -0.1) is 0 Å². The number of halogens is 2. The van der Waals surface area contributed by atoms with Crippen LogP contribution in [0.5, 0.6) is 5.75 Å². The van der Waals surface area contributed by atoms with E-state index in [2.05, 4.69) is 0 Å². The molecule has 26 heavy (non-hydrogen) atoms. The number of sulfonamides is 1. The first-order chi connectivity index (χ1) is 12.1. The van der Waals surface area contributed by atoms with E-state index in [4.69, 9.17) is 4.74 Å². The third-order valence-electron chi connectivity index (χ3n) is 4.12. The van der Waals surface area contributed by atoms with Crippen molar-refractivity contribution in [3.63, 3.8) is 0 Å². The molecule has 0 aliphatic carbocycles. The Morgan fingerprint density at radius 1 is 0.923 bits per heavy atom. The van der Waals surface area contributed by atoms with Gasteiger partial charge in [-0.25, -0.2) is 25.6 Å². The molecule has 0 amide bonds. The zero-order valence-electron chi connectivity index (χ0n) is 13.6. The van der Waals surface area contributed by atoms with E-state index < -0.39 is 41.6 Å². The maximum Gasteiger partial charge on any atom is 0.243 e. The molecule has 2 aromatic rings. The second-order valence-corrected chi connectivity index (χ2v) is 9.94. The Morgan fingerprint density at radius 3 is 1.96 bits per heavy atom. The Labute approximate surface area is 150 Å². The van der Waals surface area contributed by atoms with E-state index in [-0.39, 0.29) is 18.0 Å². The van der Waals surface area contributed by atoms with Crippen LogP contribution in [0.1, 0.15) is 0 Å². The van der Waals surface area contributed by atoms with Gasteiger partial charge in [-0.2, -0.15) is 4.31 Å². The number of nitrogens with zero attached hydrogens (tertiary/aromatic N) is 1. The fourth-order valence-corrected chi connectivity index (χ4v) is 5.99. The van der Waals surface area contributed by atoms with Crippen LogP contribution in [-0.2, 0) is 19.9 Å². The zero-order valence-corrected chi connectivity index (χ0v) is 15.2. The van der Waals surface area contributed by atoms with Crippen LogP contribution < -0.4 is 4.74 Å². The standard InChI is InChI=1S/C16H15F2NO5S2/c1-24-13-2-4-14(5-3-13)25(20,21)16-9-19(10-16)26(22,23)15-7-11(17)6-12(18)8-15/h2-8,16H,9-10H2,1H3. The lowest BCUT2D eigenvalue weighted by Crippen LogP contribution is -2.56. The molecule has 0 N–H and O–H groups in total. The minimum atomic E-state index is -4.16. The van der Waals surface area contributed by atoms with Gasteiger partial charge in [0.25, 0.3) is 0 Å². The average Bonchev–Trinajstić information content (AvgIpc) is 2.52. The molecule has 1 fully saturated rings. The Hall–Kier alpha value is -2.04. The van der Waals surface area contributed by atoms with Crippen LogP contribution in [0.3, 0.4) is 0 Å². The van der Waals surface area contributed by atoms with Crippen LogP contribution in [0, 0.1) is 11.6 Å². The Bertz CT molecular complexity index is 1010. The highest BCUT2D eigenvalue weighted by molar-refractivity contribution is 7.92. The van der Waals surface area contributed by atoms with Gasteiger partial charge in [-0.3, -0.25) is 0 Å². The second kappa shape index (κ2) is 6.60. The molecule has 1 heterocycles. The summed E-state index contributed by atoms with van der Waals surface area (Å²) in [6.45, 7) is -0.566. The van der Waals surface area contributed by atoms with Gasteiger partial charge in [0.1, 0.15) is 17.4 Å². The fourth-order valence-electron chi connectivity index (χ4n) is 2.58. The topological polar surface area (TPSA) is 80.8 Å². The van der Waals surface area contributed by atoms with Crippen molar-refractivity contribution in [1.29, 1.82) is 0 Å². The monoisotopic (exact) mass is 403 g/mol. The van der Waals surface area contributed by atoms with E-state index in [1.54, 1.807) is 0 Å². The molecule has 10 heteroatoms. The van der Waals surface area contributed by atoms with Crippen molar-refractivity contribution >= 4 is 19.9 Å². The minimum absolute atomic E-state index is 0.0529. The molecular formula is C16H15F2NO5S2. The van der Waals surface area contributed by atoms with Gasteiger partial charge in [-0.1, -0.05) is 0 Å². The van der Waals surface area contributed by atoms with Gasteiger partial charge in [0.05, 0.1) is 22.2 Å². The van der Waals surface area contributed by atoms with Crippen molar-refractivity contribution in [1.82, 2.24) is 4.31 Å². The van der Waals surface area contributed by atoms with Crippen LogP contribution in [0.25, 0.3) is 0 Å². The highest BCUT2D eigenvalue weighted by Crippen LogP contribution is 2.30. The molecular weight excluding hydrogens is 388 g/mol. The predicted molar refractivity (Wildman–Crippen MR) is 89.1 cm³/mol. The van der Waals surface area contributed by atoms with E-state index in [9.17, 15) is 25.6 Å². The molecule has 140 valence electrons. The first-order valence-electron chi connectivity index (χ1n) is 7.49. The largest absolute Gasteiger partial charge is 0.497 e. The third kappa shape index (κ3) is 3.31. The van der Waals surface area contributed by atoms with Crippen molar-refractivity contribution in [2.45, 2.75) is 15.0 Å². The summed E-state index contributed by atoms with van der Waals surface area (Å²) in [5.74, 6) is -1.55. The first-order valence-corrected chi connectivity index (χ1v) is 10.5. The highest BCUT2D eigenvalue weighted by atomic mass is 32.2.